The number of hydrogen-bond acceptors (Lipinski definition) is 4. The molecule has 1 aromatic heterocycles. The fourth-order valence-corrected chi connectivity index (χ4v) is 3.08. The van der Waals surface area contributed by atoms with E-state index in [4.69, 9.17) is 4.74 Å². The van der Waals surface area contributed by atoms with Crippen LogP contribution in [-0.2, 0) is 4.74 Å². The van der Waals surface area contributed by atoms with Gasteiger partial charge in [0.05, 0.1) is 24.2 Å². The third-order valence-corrected chi connectivity index (χ3v) is 4.64. The molecule has 0 spiro atoms. The van der Waals surface area contributed by atoms with Gasteiger partial charge in [-0.05, 0) is 57.2 Å². The van der Waals surface area contributed by atoms with E-state index in [-0.39, 0.29) is 24.7 Å². The van der Waals surface area contributed by atoms with Gasteiger partial charge in [-0.15, -0.1) is 0 Å². The number of amides is 1. The number of nitrogens with zero attached hydrogens (tertiary/aromatic N) is 3. The van der Waals surface area contributed by atoms with Gasteiger partial charge in [0, 0.05) is 23.9 Å². The Hall–Kier alpha value is -3.55. The number of anilines is 1. The molecule has 0 saturated carbocycles. The van der Waals surface area contributed by atoms with Crippen LogP contribution in [-0.4, -0.2) is 34.8 Å². The Morgan fingerprint density at radius 1 is 1.07 bits per heavy atom. The Balaban J connectivity index is 1.85. The van der Waals surface area contributed by atoms with Gasteiger partial charge >= 0.3 is 5.97 Å². The first-order valence-electron chi connectivity index (χ1n) is 9.46. The van der Waals surface area contributed by atoms with Crippen LogP contribution in [0, 0.1) is 18.6 Å². The van der Waals surface area contributed by atoms with Gasteiger partial charge in [0.15, 0.2) is 11.6 Å². The number of esters is 1. The van der Waals surface area contributed by atoms with Crippen molar-refractivity contribution in [3.8, 4) is 5.69 Å². The van der Waals surface area contributed by atoms with Crippen molar-refractivity contribution >= 4 is 17.6 Å². The lowest BCUT2D eigenvalue weighted by molar-refractivity contribution is 0.0525. The van der Waals surface area contributed by atoms with Crippen molar-refractivity contribution in [3.63, 3.8) is 0 Å². The predicted octanol–water partition coefficient (Wildman–Crippen LogP) is 4.30. The number of aromatic nitrogens is 2. The van der Waals surface area contributed by atoms with Gasteiger partial charge in [-0.2, -0.15) is 5.10 Å². The summed E-state index contributed by atoms with van der Waals surface area (Å²) in [5, 5.41) is 4.22. The molecule has 6 nitrogen and oxygen atoms in total. The summed E-state index contributed by atoms with van der Waals surface area (Å²) in [4.78, 5) is 26.2. The lowest BCUT2D eigenvalue weighted by Gasteiger charge is -2.21. The summed E-state index contributed by atoms with van der Waals surface area (Å²) in [5.74, 6) is -2.78. The van der Waals surface area contributed by atoms with Crippen molar-refractivity contribution in [2.75, 3.05) is 18.1 Å². The molecule has 1 amide bonds. The van der Waals surface area contributed by atoms with E-state index in [1.54, 1.807) is 49.7 Å². The SMILES string of the molecule is CCOC(=O)c1cnn(-c2ccc(C(=O)N(CC)c3ccc(F)c(F)c3)cc2)c1C. The van der Waals surface area contributed by atoms with Crippen LogP contribution in [0.15, 0.2) is 48.7 Å². The van der Waals surface area contributed by atoms with Crippen LogP contribution < -0.4 is 4.90 Å². The maximum Gasteiger partial charge on any atom is 0.341 e. The van der Waals surface area contributed by atoms with E-state index in [9.17, 15) is 18.4 Å². The Labute approximate surface area is 172 Å². The smallest absolute Gasteiger partial charge is 0.341 e. The second-order valence-corrected chi connectivity index (χ2v) is 6.47. The number of hydrogen-bond donors (Lipinski definition) is 0. The minimum absolute atomic E-state index is 0.270. The molecular weight excluding hydrogens is 392 g/mol. The van der Waals surface area contributed by atoms with Crippen LogP contribution in [0.1, 0.15) is 40.3 Å². The first-order valence-corrected chi connectivity index (χ1v) is 9.46. The average molecular weight is 413 g/mol. The molecule has 0 aliphatic rings. The maximum absolute atomic E-state index is 13.6. The first kappa shape index (κ1) is 21.2. The van der Waals surface area contributed by atoms with E-state index in [0.29, 0.717) is 22.5 Å². The molecule has 8 heteroatoms. The molecule has 0 radical (unpaired) electrons. The second-order valence-electron chi connectivity index (χ2n) is 6.47. The molecule has 156 valence electrons. The van der Waals surface area contributed by atoms with Crippen LogP contribution in [0.4, 0.5) is 14.5 Å². The third kappa shape index (κ3) is 4.07. The maximum atomic E-state index is 13.6. The van der Waals surface area contributed by atoms with Crippen LogP contribution in [0.2, 0.25) is 0 Å². The highest BCUT2D eigenvalue weighted by Crippen LogP contribution is 2.21. The van der Waals surface area contributed by atoms with Crippen molar-refractivity contribution in [2.24, 2.45) is 0 Å². The van der Waals surface area contributed by atoms with Crippen LogP contribution >= 0.6 is 0 Å². The second kappa shape index (κ2) is 8.86. The van der Waals surface area contributed by atoms with Crippen LogP contribution in [0.3, 0.4) is 0 Å². The van der Waals surface area contributed by atoms with E-state index in [1.165, 1.54) is 17.2 Å². The summed E-state index contributed by atoms with van der Waals surface area (Å²) in [5.41, 5.74) is 2.29. The number of rotatable bonds is 6. The highest BCUT2D eigenvalue weighted by atomic mass is 19.2. The molecule has 0 fully saturated rings. The fourth-order valence-electron chi connectivity index (χ4n) is 3.08. The van der Waals surface area contributed by atoms with Crippen molar-refractivity contribution < 1.29 is 23.1 Å². The highest BCUT2D eigenvalue weighted by molar-refractivity contribution is 6.06. The number of carbonyl (C=O) groups excluding carboxylic acids is 2. The zero-order valence-electron chi connectivity index (χ0n) is 16.9. The van der Waals surface area contributed by atoms with E-state index < -0.39 is 17.6 Å². The van der Waals surface area contributed by atoms with Crippen LogP contribution in [0.25, 0.3) is 5.69 Å². The van der Waals surface area contributed by atoms with Gasteiger partial charge in [0.25, 0.3) is 5.91 Å². The highest BCUT2D eigenvalue weighted by Gasteiger charge is 2.19. The van der Waals surface area contributed by atoms with Gasteiger partial charge in [0.1, 0.15) is 5.56 Å². The van der Waals surface area contributed by atoms with Gasteiger partial charge in [0.2, 0.25) is 0 Å². The van der Waals surface area contributed by atoms with Crippen molar-refractivity contribution in [2.45, 2.75) is 20.8 Å². The first-order chi connectivity index (χ1) is 14.4. The standard InChI is InChI=1S/C22H21F2N3O3/c1-4-26(17-10-11-19(23)20(24)12-17)21(28)15-6-8-16(9-7-15)27-14(3)18(13-25-27)22(29)30-5-2/h6-13H,4-5H2,1-3H3. The van der Waals surface area contributed by atoms with Crippen molar-refractivity contribution in [1.29, 1.82) is 0 Å². The largest absolute Gasteiger partial charge is 0.462 e. The summed E-state index contributed by atoms with van der Waals surface area (Å²) in [6, 6.07) is 9.97. The van der Waals surface area contributed by atoms with Gasteiger partial charge in [-0.1, -0.05) is 0 Å². The molecule has 0 bridgehead atoms. The molecule has 30 heavy (non-hydrogen) atoms. The number of ether oxygens (including phenoxy) is 1. The zero-order valence-corrected chi connectivity index (χ0v) is 16.9. The molecule has 0 aliphatic carbocycles. The minimum atomic E-state index is -1.01. The van der Waals surface area contributed by atoms with Gasteiger partial charge in [-0.25, -0.2) is 18.3 Å². The van der Waals surface area contributed by atoms with Crippen LogP contribution in [0.5, 0.6) is 0 Å². The number of benzene rings is 2. The molecule has 0 atom stereocenters. The summed E-state index contributed by atoms with van der Waals surface area (Å²) in [7, 11) is 0. The third-order valence-electron chi connectivity index (χ3n) is 4.64. The monoisotopic (exact) mass is 413 g/mol. The Morgan fingerprint density at radius 2 is 1.77 bits per heavy atom. The lowest BCUT2D eigenvalue weighted by atomic mass is 10.1. The van der Waals surface area contributed by atoms with E-state index in [2.05, 4.69) is 5.10 Å². The van der Waals surface area contributed by atoms with Gasteiger partial charge < -0.3 is 9.64 Å². The lowest BCUT2D eigenvalue weighted by Crippen LogP contribution is -2.30. The molecule has 3 aromatic rings. The number of carbonyl (C=O) groups is 2. The zero-order chi connectivity index (χ0) is 21.8. The topological polar surface area (TPSA) is 64.4 Å². The molecule has 0 N–H and O–H groups in total. The predicted molar refractivity (Wildman–Crippen MR) is 108 cm³/mol. The molecule has 0 saturated heterocycles. The average Bonchev–Trinajstić information content (AvgIpc) is 3.12. The van der Waals surface area contributed by atoms with Gasteiger partial charge in [-0.3, -0.25) is 4.79 Å². The quantitative estimate of drug-likeness (QED) is 0.565. The van der Waals surface area contributed by atoms with Crippen molar-refractivity contribution in [3.05, 3.63) is 77.1 Å². The normalized spacial score (nSPS) is 10.7. The Bertz CT molecular complexity index is 1080. The van der Waals surface area contributed by atoms with E-state index in [1.807, 2.05) is 0 Å². The summed E-state index contributed by atoms with van der Waals surface area (Å²) < 4.78 is 33.4. The number of halogens is 2. The molecule has 2 aromatic carbocycles. The van der Waals surface area contributed by atoms with E-state index >= 15 is 0 Å². The summed E-state index contributed by atoms with van der Waals surface area (Å²) in [6.07, 6.45) is 1.44. The minimum Gasteiger partial charge on any atom is -0.462 e. The molecule has 3 rings (SSSR count). The summed E-state index contributed by atoms with van der Waals surface area (Å²) >= 11 is 0. The molecule has 0 unspecified atom stereocenters. The summed E-state index contributed by atoms with van der Waals surface area (Å²) in [6.45, 7) is 5.78. The molecule has 1 heterocycles. The molecular formula is C22H21F2N3O3. The molecule has 0 aliphatic heterocycles. The van der Waals surface area contributed by atoms with Crippen molar-refractivity contribution in [1.82, 2.24) is 9.78 Å². The Kier molecular flexibility index (Phi) is 6.25. The Morgan fingerprint density at radius 3 is 2.37 bits per heavy atom. The van der Waals surface area contributed by atoms with E-state index in [0.717, 1.165) is 12.1 Å². The fraction of sp³-hybridized carbons (Fsp3) is 0.227.